The molecular formula is C19H29N3O3. The van der Waals surface area contributed by atoms with Gasteiger partial charge in [0.25, 0.3) is 0 Å². The van der Waals surface area contributed by atoms with E-state index in [2.05, 4.69) is 10.2 Å². The molecule has 6 heteroatoms. The second kappa shape index (κ2) is 8.97. The van der Waals surface area contributed by atoms with Crippen LogP contribution in [0.4, 0.5) is 5.69 Å². The van der Waals surface area contributed by atoms with Crippen molar-refractivity contribution in [2.24, 2.45) is 0 Å². The largest absolute Gasteiger partial charge is 0.395 e. The highest BCUT2D eigenvalue weighted by Crippen LogP contribution is 2.27. The highest BCUT2D eigenvalue weighted by Gasteiger charge is 2.30. The van der Waals surface area contributed by atoms with Gasteiger partial charge in [-0.15, -0.1) is 0 Å². The first-order valence-corrected chi connectivity index (χ1v) is 8.86. The topological polar surface area (TPSA) is 72.9 Å². The molecule has 2 N–H and O–H groups in total. The van der Waals surface area contributed by atoms with Gasteiger partial charge >= 0.3 is 0 Å². The molecule has 1 fully saturated rings. The first-order chi connectivity index (χ1) is 11.9. The van der Waals surface area contributed by atoms with Crippen LogP contribution in [-0.4, -0.2) is 66.1 Å². The monoisotopic (exact) mass is 347 g/mol. The molecule has 0 saturated heterocycles. The van der Waals surface area contributed by atoms with E-state index in [-0.39, 0.29) is 18.4 Å². The Balaban J connectivity index is 1.87. The summed E-state index contributed by atoms with van der Waals surface area (Å²) in [6.07, 6.45) is 2.53. The van der Waals surface area contributed by atoms with Crippen molar-refractivity contribution in [3.8, 4) is 0 Å². The molecule has 1 saturated carbocycles. The van der Waals surface area contributed by atoms with Crippen LogP contribution in [0.2, 0.25) is 0 Å². The van der Waals surface area contributed by atoms with Crippen molar-refractivity contribution in [1.82, 2.24) is 9.80 Å². The summed E-state index contributed by atoms with van der Waals surface area (Å²) >= 11 is 0. The standard InChI is InChI=1S/C19H29N3O3/c1-14-4-5-15(2)17(12-14)20-18(24)13-22(16-6-7-16)9-8-19(25)21(3)10-11-23/h4-5,12,16,23H,6-11,13H2,1-3H3,(H,20,24). The van der Waals surface area contributed by atoms with Crippen LogP contribution in [0.15, 0.2) is 18.2 Å². The third kappa shape index (κ3) is 6.14. The lowest BCUT2D eigenvalue weighted by Gasteiger charge is -2.23. The van der Waals surface area contributed by atoms with Gasteiger partial charge in [0.2, 0.25) is 11.8 Å². The number of likely N-dealkylation sites (N-methyl/N-ethyl adjacent to an activating group) is 1. The Labute approximate surface area is 149 Å². The molecule has 6 nitrogen and oxygen atoms in total. The van der Waals surface area contributed by atoms with Gasteiger partial charge in [-0.3, -0.25) is 14.5 Å². The number of hydrogen-bond acceptors (Lipinski definition) is 4. The number of carbonyl (C=O) groups is 2. The van der Waals surface area contributed by atoms with Crippen LogP contribution in [-0.2, 0) is 9.59 Å². The number of rotatable bonds is 9. The van der Waals surface area contributed by atoms with Crippen molar-refractivity contribution < 1.29 is 14.7 Å². The molecule has 138 valence electrons. The van der Waals surface area contributed by atoms with E-state index in [9.17, 15) is 9.59 Å². The predicted octanol–water partition coefficient (Wildman–Crippen LogP) is 1.55. The maximum absolute atomic E-state index is 12.4. The Bertz CT molecular complexity index is 614. The smallest absolute Gasteiger partial charge is 0.238 e. The summed E-state index contributed by atoms with van der Waals surface area (Å²) < 4.78 is 0. The SMILES string of the molecule is Cc1ccc(C)c(NC(=O)CN(CCC(=O)N(C)CCO)C2CC2)c1. The quantitative estimate of drug-likeness (QED) is 0.711. The fourth-order valence-electron chi connectivity index (χ4n) is 2.78. The molecule has 0 heterocycles. The van der Waals surface area contributed by atoms with Crippen LogP contribution in [0, 0.1) is 13.8 Å². The Morgan fingerprint density at radius 1 is 1.24 bits per heavy atom. The predicted molar refractivity (Wildman–Crippen MR) is 98.5 cm³/mol. The highest BCUT2D eigenvalue weighted by molar-refractivity contribution is 5.93. The molecule has 1 aromatic carbocycles. The number of aryl methyl sites for hydroxylation is 2. The second-order valence-electron chi connectivity index (χ2n) is 6.86. The molecule has 0 atom stereocenters. The third-order valence-corrected chi connectivity index (χ3v) is 4.55. The molecule has 2 rings (SSSR count). The fourth-order valence-corrected chi connectivity index (χ4v) is 2.78. The molecular weight excluding hydrogens is 318 g/mol. The summed E-state index contributed by atoms with van der Waals surface area (Å²) in [6, 6.07) is 6.40. The van der Waals surface area contributed by atoms with Crippen molar-refractivity contribution in [2.75, 3.05) is 38.6 Å². The van der Waals surface area contributed by atoms with Gasteiger partial charge in [0, 0.05) is 38.3 Å². The maximum atomic E-state index is 12.4. The molecule has 0 unspecified atom stereocenters. The minimum atomic E-state index is -0.0447. The zero-order valence-electron chi connectivity index (χ0n) is 15.4. The molecule has 1 aromatic rings. The molecule has 0 bridgehead atoms. The van der Waals surface area contributed by atoms with E-state index < -0.39 is 0 Å². The fraction of sp³-hybridized carbons (Fsp3) is 0.579. The summed E-state index contributed by atoms with van der Waals surface area (Å²) in [6.45, 7) is 5.15. The van der Waals surface area contributed by atoms with E-state index in [0.717, 1.165) is 29.7 Å². The number of nitrogens with one attached hydrogen (secondary N) is 1. The van der Waals surface area contributed by atoms with Crippen molar-refractivity contribution in [3.05, 3.63) is 29.3 Å². The van der Waals surface area contributed by atoms with Gasteiger partial charge in [-0.2, -0.15) is 0 Å². The van der Waals surface area contributed by atoms with E-state index in [4.69, 9.17) is 5.11 Å². The Morgan fingerprint density at radius 2 is 1.96 bits per heavy atom. The third-order valence-electron chi connectivity index (χ3n) is 4.55. The molecule has 1 aliphatic carbocycles. The summed E-state index contributed by atoms with van der Waals surface area (Å²) in [7, 11) is 1.69. The van der Waals surface area contributed by atoms with Gasteiger partial charge in [0.15, 0.2) is 0 Å². The number of aliphatic hydroxyl groups is 1. The normalized spacial score (nSPS) is 13.8. The summed E-state index contributed by atoms with van der Waals surface area (Å²) in [4.78, 5) is 28.1. The van der Waals surface area contributed by atoms with Crippen molar-refractivity contribution in [2.45, 2.75) is 39.2 Å². The number of aliphatic hydroxyl groups excluding tert-OH is 1. The Morgan fingerprint density at radius 3 is 2.60 bits per heavy atom. The van der Waals surface area contributed by atoms with Gasteiger partial charge in [-0.25, -0.2) is 0 Å². The number of benzene rings is 1. The van der Waals surface area contributed by atoms with Crippen LogP contribution in [0.5, 0.6) is 0 Å². The van der Waals surface area contributed by atoms with Crippen LogP contribution in [0.25, 0.3) is 0 Å². The molecule has 0 aromatic heterocycles. The Hall–Kier alpha value is -1.92. The van der Waals surface area contributed by atoms with E-state index in [1.807, 2.05) is 32.0 Å². The maximum Gasteiger partial charge on any atom is 0.238 e. The molecule has 0 spiro atoms. The van der Waals surface area contributed by atoms with Gasteiger partial charge in [0.05, 0.1) is 13.2 Å². The molecule has 0 aliphatic heterocycles. The number of nitrogens with zero attached hydrogens (tertiary/aromatic N) is 2. The van der Waals surface area contributed by atoms with E-state index in [0.29, 0.717) is 32.1 Å². The highest BCUT2D eigenvalue weighted by atomic mass is 16.3. The van der Waals surface area contributed by atoms with Crippen LogP contribution < -0.4 is 5.32 Å². The minimum absolute atomic E-state index is 0.00497. The van der Waals surface area contributed by atoms with Crippen LogP contribution >= 0.6 is 0 Å². The minimum Gasteiger partial charge on any atom is -0.395 e. The van der Waals surface area contributed by atoms with Gasteiger partial charge in [-0.05, 0) is 43.9 Å². The Kier molecular flexibility index (Phi) is 6.96. The van der Waals surface area contributed by atoms with Crippen molar-refractivity contribution in [1.29, 1.82) is 0 Å². The van der Waals surface area contributed by atoms with Crippen molar-refractivity contribution in [3.63, 3.8) is 0 Å². The van der Waals surface area contributed by atoms with E-state index in [1.54, 1.807) is 7.05 Å². The average molecular weight is 347 g/mol. The average Bonchev–Trinajstić information content (AvgIpc) is 3.39. The summed E-state index contributed by atoms with van der Waals surface area (Å²) in [5, 5.41) is 11.9. The first-order valence-electron chi connectivity index (χ1n) is 8.86. The molecule has 2 amide bonds. The van der Waals surface area contributed by atoms with E-state index >= 15 is 0 Å². The van der Waals surface area contributed by atoms with Crippen molar-refractivity contribution >= 4 is 17.5 Å². The summed E-state index contributed by atoms with van der Waals surface area (Å²) in [5.74, 6) is -0.0496. The number of carbonyl (C=O) groups excluding carboxylic acids is 2. The van der Waals surface area contributed by atoms with E-state index in [1.165, 1.54) is 4.90 Å². The van der Waals surface area contributed by atoms with Crippen LogP contribution in [0.3, 0.4) is 0 Å². The zero-order chi connectivity index (χ0) is 18.4. The van der Waals surface area contributed by atoms with Gasteiger partial charge in [0.1, 0.15) is 0 Å². The number of anilines is 1. The number of amides is 2. The zero-order valence-corrected chi connectivity index (χ0v) is 15.4. The second-order valence-corrected chi connectivity index (χ2v) is 6.86. The molecule has 25 heavy (non-hydrogen) atoms. The lowest BCUT2D eigenvalue weighted by molar-refractivity contribution is -0.131. The van der Waals surface area contributed by atoms with Crippen LogP contribution in [0.1, 0.15) is 30.4 Å². The molecule has 1 aliphatic rings. The van der Waals surface area contributed by atoms with Gasteiger partial charge < -0.3 is 15.3 Å². The lowest BCUT2D eigenvalue weighted by atomic mass is 10.1. The lowest BCUT2D eigenvalue weighted by Crippen LogP contribution is -2.38. The van der Waals surface area contributed by atoms with Gasteiger partial charge in [-0.1, -0.05) is 12.1 Å². The number of hydrogen-bond donors (Lipinski definition) is 2. The summed E-state index contributed by atoms with van der Waals surface area (Å²) in [5.41, 5.74) is 3.00. The first kappa shape index (κ1) is 19.4. The molecule has 0 radical (unpaired) electrons.